The fourth-order valence-corrected chi connectivity index (χ4v) is 4.31. The van der Waals surface area contributed by atoms with E-state index in [1.807, 2.05) is 30.3 Å². The van der Waals surface area contributed by atoms with Crippen LogP contribution in [-0.2, 0) is 19.1 Å². The number of aliphatic carboxylic acids is 1. The summed E-state index contributed by atoms with van der Waals surface area (Å²) in [5, 5.41) is 19.8. The number of alkyl halides is 3. The van der Waals surface area contributed by atoms with Gasteiger partial charge in [0.1, 0.15) is 0 Å². The second-order valence-electron chi connectivity index (χ2n) is 9.21. The number of nitrogens with one attached hydrogen (secondary N) is 1. The smallest absolute Gasteiger partial charge is 0.478 e. The molecule has 0 aromatic heterocycles. The van der Waals surface area contributed by atoms with Gasteiger partial charge in [0.15, 0.2) is 0 Å². The minimum Gasteiger partial charge on any atom is -0.478 e. The fraction of sp³-hybridized carbons (Fsp3) is 0.167. The van der Waals surface area contributed by atoms with Crippen molar-refractivity contribution in [1.29, 1.82) is 0 Å². The minimum atomic E-state index is -5.08. The van der Waals surface area contributed by atoms with Crippen LogP contribution in [0.15, 0.2) is 60.7 Å². The lowest BCUT2D eigenvalue weighted by molar-refractivity contribution is -0.192. The van der Waals surface area contributed by atoms with Gasteiger partial charge < -0.3 is 20.3 Å². The van der Waals surface area contributed by atoms with Crippen LogP contribution in [0.25, 0.3) is 11.3 Å². The van der Waals surface area contributed by atoms with Gasteiger partial charge in [-0.2, -0.15) is 13.2 Å². The minimum absolute atomic E-state index is 0.172. The third-order valence-electron chi connectivity index (χ3n) is 6.27. The zero-order chi connectivity index (χ0) is 32.2. The van der Waals surface area contributed by atoms with Crippen LogP contribution in [0, 0.1) is 13.8 Å². The molecule has 1 aliphatic heterocycles. The molecule has 0 saturated heterocycles. The van der Waals surface area contributed by atoms with E-state index in [9.17, 15) is 37.5 Å². The second-order valence-corrected chi connectivity index (χ2v) is 9.21. The van der Waals surface area contributed by atoms with Crippen LogP contribution in [-0.4, -0.2) is 53.2 Å². The Morgan fingerprint density at radius 1 is 0.884 bits per heavy atom. The molecule has 3 aromatic rings. The predicted octanol–water partition coefficient (Wildman–Crippen LogP) is 5.30. The molecular weight excluding hydrogens is 573 g/mol. The third-order valence-corrected chi connectivity index (χ3v) is 6.27. The van der Waals surface area contributed by atoms with Crippen molar-refractivity contribution in [3.8, 4) is 0 Å². The molecule has 0 saturated carbocycles. The summed E-state index contributed by atoms with van der Waals surface area (Å²) in [6.07, 6.45) is -5.08. The SMILES string of the molecule is COC(=O)c1cc2c(cc1C)/C(=C(/Nc1ccc(C(=O)O)c(C)c1)c1ccccc1)C(=O)N2C(C)=O.O=C(O)C(F)(F)F. The molecule has 0 radical (unpaired) electrons. The highest BCUT2D eigenvalue weighted by molar-refractivity contribution is 6.44. The number of hydrogen-bond acceptors (Lipinski definition) is 7. The first-order chi connectivity index (χ1) is 20.1. The summed E-state index contributed by atoms with van der Waals surface area (Å²) in [5.74, 6) is -5.39. The number of hydrogen-bond donors (Lipinski definition) is 3. The van der Waals surface area contributed by atoms with E-state index in [1.165, 1.54) is 26.2 Å². The maximum atomic E-state index is 13.7. The van der Waals surface area contributed by atoms with Crippen molar-refractivity contribution in [1.82, 2.24) is 0 Å². The maximum absolute atomic E-state index is 13.7. The average Bonchev–Trinajstić information content (AvgIpc) is 3.21. The Hall–Kier alpha value is -5.46. The number of aryl methyl sites for hydroxylation is 2. The van der Waals surface area contributed by atoms with E-state index in [0.29, 0.717) is 39.3 Å². The molecule has 0 unspecified atom stereocenters. The molecule has 43 heavy (non-hydrogen) atoms. The van der Waals surface area contributed by atoms with E-state index >= 15 is 0 Å². The summed E-state index contributed by atoms with van der Waals surface area (Å²) in [6.45, 7) is 4.70. The van der Waals surface area contributed by atoms with Crippen LogP contribution in [0.5, 0.6) is 0 Å². The Bertz CT molecular complexity index is 1660. The Morgan fingerprint density at radius 3 is 1.95 bits per heavy atom. The van der Waals surface area contributed by atoms with Gasteiger partial charge in [-0.25, -0.2) is 19.3 Å². The lowest BCUT2D eigenvalue weighted by Gasteiger charge is -2.16. The number of carboxylic acid groups (broad SMARTS) is 2. The number of imide groups is 1. The molecule has 13 heteroatoms. The van der Waals surface area contributed by atoms with Crippen LogP contribution in [0.4, 0.5) is 24.5 Å². The number of anilines is 2. The van der Waals surface area contributed by atoms with Crippen molar-refractivity contribution in [3.63, 3.8) is 0 Å². The normalized spacial score (nSPS) is 13.4. The van der Waals surface area contributed by atoms with Crippen molar-refractivity contribution in [2.75, 3.05) is 17.3 Å². The zero-order valence-electron chi connectivity index (χ0n) is 23.2. The Kier molecular flexibility index (Phi) is 9.39. The van der Waals surface area contributed by atoms with E-state index in [2.05, 4.69) is 5.32 Å². The van der Waals surface area contributed by atoms with E-state index in [1.54, 1.807) is 32.0 Å². The number of methoxy groups -OCH3 is 1. The number of nitrogens with zero attached hydrogens (tertiary/aromatic N) is 1. The molecule has 0 fully saturated rings. The van der Waals surface area contributed by atoms with Crippen molar-refractivity contribution < 1.29 is 52.1 Å². The molecule has 224 valence electrons. The number of carboxylic acids is 2. The first-order valence-electron chi connectivity index (χ1n) is 12.4. The highest BCUT2D eigenvalue weighted by Gasteiger charge is 2.39. The first-order valence-corrected chi connectivity index (χ1v) is 12.4. The number of carbonyl (C=O) groups is 5. The lowest BCUT2D eigenvalue weighted by atomic mass is 9.96. The monoisotopic (exact) mass is 598 g/mol. The lowest BCUT2D eigenvalue weighted by Crippen LogP contribution is -2.31. The van der Waals surface area contributed by atoms with Gasteiger partial charge in [-0.05, 0) is 60.9 Å². The van der Waals surface area contributed by atoms with Crippen LogP contribution in [0.2, 0.25) is 0 Å². The molecule has 2 amide bonds. The highest BCUT2D eigenvalue weighted by atomic mass is 19.4. The van der Waals surface area contributed by atoms with E-state index in [0.717, 1.165) is 4.90 Å². The molecule has 1 aliphatic rings. The van der Waals surface area contributed by atoms with Crippen LogP contribution in [0.1, 0.15) is 49.9 Å². The molecule has 0 bridgehead atoms. The zero-order valence-corrected chi connectivity index (χ0v) is 23.2. The fourth-order valence-electron chi connectivity index (χ4n) is 4.31. The number of rotatable bonds is 5. The number of benzene rings is 3. The molecule has 0 spiro atoms. The van der Waals surface area contributed by atoms with Crippen molar-refractivity contribution in [3.05, 3.63) is 94.0 Å². The van der Waals surface area contributed by atoms with Crippen LogP contribution in [0.3, 0.4) is 0 Å². The number of fused-ring (bicyclic) bond motifs is 1. The summed E-state index contributed by atoms with van der Waals surface area (Å²) >= 11 is 0. The van der Waals surface area contributed by atoms with Gasteiger partial charge in [0.25, 0.3) is 5.91 Å². The summed E-state index contributed by atoms with van der Waals surface area (Å²) in [5.41, 5.74) is 4.30. The van der Waals surface area contributed by atoms with Crippen LogP contribution >= 0.6 is 0 Å². The van der Waals surface area contributed by atoms with Crippen LogP contribution < -0.4 is 10.2 Å². The van der Waals surface area contributed by atoms with Gasteiger partial charge in [-0.3, -0.25) is 9.59 Å². The van der Waals surface area contributed by atoms with Crippen molar-refractivity contribution in [2.24, 2.45) is 0 Å². The van der Waals surface area contributed by atoms with E-state index in [4.69, 9.17) is 14.6 Å². The van der Waals surface area contributed by atoms with Gasteiger partial charge in [-0.15, -0.1) is 0 Å². The molecule has 4 rings (SSSR count). The number of carbonyl (C=O) groups excluding carboxylic acids is 3. The molecule has 10 nitrogen and oxygen atoms in total. The largest absolute Gasteiger partial charge is 0.490 e. The first kappa shape index (κ1) is 32.1. The predicted molar refractivity (Wildman–Crippen MR) is 149 cm³/mol. The summed E-state index contributed by atoms with van der Waals surface area (Å²) < 4.78 is 36.6. The quantitative estimate of drug-likeness (QED) is 0.263. The summed E-state index contributed by atoms with van der Waals surface area (Å²) in [6, 6.07) is 17.1. The van der Waals surface area contributed by atoms with E-state index in [-0.39, 0.29) is 16.7 Å². The molecular formula is C30H25F3N2O8. The van der Waals surface area contributed by atoms with Gasteiger partial charge >= 0.3 is 24.1 Å². The van der Waals surface area contributed by atoms with E-state index < -0.39 is 35.9 Å². The maximum Gasteiger partial charge on any atom is 0.490 e. The summed E-state index contributed by atoms with van der Waals surface area (Å²) in [7, 11) is 1.27. The summed E-state index contributed by atoms with van der Waals surface area (Å²) in [4.78, 5) is 59.9. The third kappa shape index (κ3) is 6.89. The molecule has 3 aromatic carbocycles. The Balaban J connectivity index is 0.000000646. The second kappa shape index (κ2) is 12.6. The van der Waals surface area contributed by atoms with Gasteiger partial charge in [0.05, 0.1) is 35.2 Å². The average molecular weight is 599 g/mol. The number of esters is 1. The number of halogens is 3. The van der Waals surface area contributed by atoms with Crippen molar-refractivity contribution >= 4 is 52.4 Å². The number of aromatic carboxylic acids is 1. The highest BCUT2D eigenvalue weighted by Crippen LogP contribution is 2.43. The Morgan fingerprint density at radius 2 is 1.47 bits per heavy atom. The molecule has 1 heterocycles. The topological polar surface area (TPSA) is 150 Å². The van der Waals surface area contributed by atoms with Crippen molar-refractivity contribution in [2.45, 2.75) is 26.9 Å². The number of ether oxygens (including phenoxy) is 1. The van der Waals surface area contributed by atoms with Gasteiger partial charge in [0, 0.05) is 18.2 Å². The molecule has 3 N–H and O–H groups in total. The van der Waals surface area contributed by atoms with Gasteiger partial charge in [0.2, 0.25) is 5.91 Å². The molecule has 0 aliphatic carbocycles. The van der Waals surface area contributed by atoms with Gasteiger partial charge in [-0.1, -0.05) is 30.3 Å². The Labute approximate surface area is 243 Å². The molecule has 0 atom stereocenters. The standard InChI is InChI=1S/C28H24N2O6.C2HF3O2/c1-15-12-19(10-11-20(15)27(33)34)29-25(18-8-6-5-7-9-18)24-22-13-16(2)21(28(35)36-4)14-23(22)30(17(3)31)26(24)32;3-2(4,5)1(6)7/h5-14,29H,1-4H3,(H,33,34);(H,6,7)/b25-24-;. The number of amides is 2.